The van der Waals surface area contributed by atoms with Crippen molar-refractivity contribution in [3.8, 4) is 5.75 Å². The Bertz CT molecular complexity index is 478. The van der Waals surface area contributed by atoms with Crippen molar-refractivity contribution in [3.05, 3.63) is 35.2 Å². The number of halogens is 1. The highest BCUT2D eigenvalue weighted by atomic mass is 19.1. The second-order valence-corrected chi connectivity index (χ2v) is 3.79. The molecule has 98 valence electrons. The number of allylic oxidation sites excluding steroid dienone is 1. The van der Waals surface area contributed by atoms with Crippen LogP contribution in [0.4, 0.5) is 4.39 Å². The first kappa shape index (κ1) is 14.2. The van der Waals surface area contributed by atoms with Gasteiger partial charge in [0, 0.05) is 5.57 Å². The van der Waals surface area contributed by atoms with Gasteiger partial charge in [-0.3, -0.25) is 0 Å². The largest absolute Gasteiger partial charge is 0.496 e. The molecule has 0 amide bonds. The molecule has 1 aromatic rings. The number of ether oxygens (including phenoxy) is 2. The Kier molecular flexibility index (Phi) is 4.89. The monoisotopic (exact) mass is 252 g/mol. The molecule has 0 N–H and O–H groups in total. The average Bonchev–Trinajstić information content (AvgIpc) is 2.36. The summed E-state index contributed by atoms with van der Waals surface area (Å²) in [5, 5.41) is 0. The average molecular weight is 252 g/mol. The summed E-state index contributed by atoms with van der Waals surface area (Å²) in [6.07, 6.45) is 0. The molecule has 1 rings (SSSR count). The molecule has 0 saturated heterocycles. The lowest BCUT2D eigenvalue weighted by atomic mass is 10.0. The van der Waals surface area contributed by atoms with E-state index in [0.717, 1.165) is 0 Å². The zero-order valence-electron chi connectivity index (χ0n) is 11.0. The number of carbonyl (C=O) groups excluding carboxylic acids is 1. The fraction of sp³-hybridized carbons (Fsp3) is 0.357. The Hall–Kier alpha value is -1.84. The summed E-state index contributed by atoms with van der Waals surface area (Å²) in [6, 6.07) is 4.55. The number of carbonyl (C=O) groups is 1. The van der Waals surface area contributed by atoms with Gasteiger partial charge in [0.2, 0.25) is 0 Å². The molecule has 0 aliphatic rings. The lowest BCUT2D eigenvalue weighted by Crippen LogP contribution is -2.07. The quantitative estimate of drug-likeness (QED) is 0.610. The van der Waals surface area contributed by atoms with Crippen molar-refractivity contribution in [2.75, 3.05) is 13.7 Å². The minimum atomic E-state index is -0.444. The van der Waals surface area contributed by atoms with Gasteiger partial charge in [-0.1, -0.05) is 6.07 Å². The molecule has 1 aromatic carbocycles. The molecule has 0 aromatic heterocycles. The van der Waals surface area contributed by atoms with Gasteiger partial charge in [0.1, 0.15) is 11.6 Å². The van der Waals surface area contributed by atoms with E-state index in [4.69, 9.17) is 9.47 Å². The molecule has 3 nitrogen and oxygen atoms in total. The van der Waals surface area contributed by atoms with Gasteiger partial charge in [-0.25, -0.2) is 9.18 Å². The van der Waals surface area contributed by atoms with Gasteiger partial charge >= 0.3 is 5.97 Å². The molecule has 0 aliphatic carbocycles. The maximum absolute atomic E-state index is 13.8. The van der Waals surface area contributed by atoms with Crippen molar-refractivity contribution in [1.82, 2.24) is 0 Å². The number of benzene rings is 1. The number of esters is 1. The first-order chi connectivity index (χ1) is 8.52. The smallest absolute Gasteiger partial charge is 0.333 e. The van der Waals surface area contributed by atoms with Gasteiger partial charge in [-0.2, -0.15) is 0 Å². The first-order valence-electron chi connectivity index (χ1n) is 5.70. The summed E-state index contributed by atoms with van der Waals surface area (Å²) >= 11 is 0. The highest BCUT2D eigenvalue weighted by Gasteiger charge is 2.16. The van der Waals surface area contributed by atoms with E-state index in [1.807, 2.05) is 0 Å². The highest BCUT2D eigenvalue weighted by Crippen LogP contribution is 2.30. The van der Waals surface area contributed by atoms with E-state index in [0.29, 0.717) is 22.5 Å². The molecule has 0 radical (unpaired) electrons. The zero-order valence-corrected chi connectivity index (χ0v) is 11.0. The summed E-state index contributed by atoms with van der Waals surface area (Å²) in [6.45, 7) is 5.30. The van der Waals surface area contributed by atoms with E-state index in [2.05, 4.69) is 0 Å². The van der Waals surface area contributed by atoms with Crippen LogP contribution in [-0.2, 0) is 9.53 Å². The van der Waals surface area contributed by atoms with Gasteiger partial charge < -0.3 is 9.47 Å². The van der Waals surface area contributed by atoms with Crippen LogP contribution in [0.1, 0.15) is 26.3 Å². The maximum atomic E-state index is 13.8. The Morgan fingerprint density at radius 3 is 2.56 bits per heavy atom. The second kappa shape index (κ2) is 6.19. The minimum absolute atomic E-state index is 0.290. The molecular weight excluding hydrogens is 235 g/mol. The van der Waals surface area contributed by atoms with Crippen molar-refractivity contribution < 1.29 is 18.7 Å². The number of methoxy groups -OCH3 is 1. The molecule has 0 saturated carbocycles. The molecule has 4 heteroatoms. The fourth-order valence-electron chi connectivity index (χ4n) is 1.62. The van der Waals surface area contributed by atoms with Crippen LogP contribution >= 0.6 is 0 Å². The Labute approximate surface area is 106 Å². The van der Waals surface area contributed by atoms with Crippen LogP contribution in [0.15, 0.2) is 23.8 Å². The third-order valence-corrected chi connectivity index (χ3v) is 2.71. The van der Waals surface area contributed by atoms with Gasteiger partial charge in [-0.05, 0) is 38.5 Å². The van der Waals surface area contributed by atoms with Crippen molar-refractivity contribution in [1.29, 1.82) is 0 Å². The standard InChI is InChI=1S/C14H17FO3/c1-5-18-14(16)10(3)9(2)13-11(15)7-6-8-12(13)17-4/h6-8H,5H2,1-4H3/b10-9-. The van der Waals surface area contributed by atoms with Crippen molar-refractivity contribution in [2.45, 2.75) is 20.8 Å². The summed E-state index contributed by atoms with van der Waals surface area (Å²) in [5.74, 6) is -0.466. The minimum Gasteiger partial charge on any atom is -0.496 e. The van der Waals surface area contributed by atoms with Crippen LogP contribution in [0.25, 0.3) is 5.57 Å². The summed E-state index contributed by atoms with van der Waals surface area (Å²) in [4.78, 5) is 11.6. The number of rotatable bonds is 4. The van der Waals surface area contributed by atoms with Crippen molar-refractivity contribution in [3.63, 3.8) is 0 Å². The van der Waals surface area contributed by atoms with Crippen molar-refractivity contribution in [2.24, 2.45) is 0 Å². The fourth-order valence-corrected chi connectivity index (χ4v) is 1.62. The van der Waals surface area contributed by atoms with E-state index < -0.39 is 11.8 Å². The first-order valence-corrected chi connectivity index (χ1v) is 5.70. The molecule has 18 heavy (non-hydrogen) atoms. The molecule has 0 atom stereocenters. The lowest BCUT2D eigenvalue weighted by molar-refractivity contribution is -0.138. The van der Waals surface area contributed by atoms with Crippen molar-refractivity contribution >= 4 is 11.5 Å². The number of hydrogen-bond acceptors (Lipinski definition) is 3. The van der Waals surface area contributed by atoms with Crippen LogP contribution in [0, 0.1) is 5.82 Å². The normalized spacial score (nSPS) is 11.8. The van der Waals surface area contributed by atoms with Gasteiger partial charge in [0.05, 0.1) is 19.3 Å². The molecule has 0 bridgehead atoms. The predicted octanol–water partition coefficient (Wildman–Crippen LogP) is 3.19. The summed E-state index contributed by atoms with van der Waals surface area (Å²) in [5.41, 5.74) is 1.19. The third kappa shape index (κ3) is 2.88. The second-order valence-electron chi connectivity index (χ2n) is 3.79. The van der Waals surface area contributed by atoms with E-state index in [-0.39, 0.29) is 6.61 Å². The zero-order chi connectivity index (χ0) is 13.7. The van der Waals surface area contributed by atoms with Gasteiger partial charge in [-0.15, -0.1) is 0 Å². The van der Waals surface area contributed by atoms with Crippen LogP contribution in [0.3, 0.4) is 0 Å². The van der Waals surface area contributed by atoms with Gasteiger partial charge in [0.15, 0.2) is 0 Å². The van der Waals surface area contributed by atoms with Crippen LogP contribution in [-0.4, -0.2) is 19.7 Å². The Morgan fingerprint density at radius 1 is 1.33 bits per heavy atom. The van der Waals surface area contributed by atoms with E-state index >= 15 is 0 Å². The predicted molar refractivity (Wildman–Crippen MR) is 67.9 cm³/mol. The summed E-state index contributed by atoms with van der Waals surface area (Å²) in [7, 11) is 1.46. The molecule has 0 aliphatic heterocycles. The van der Waals surface area contributed by atoms with Crippen LogP contribution in [0.2, 0.25) is 0 Å². The SMILES string of the molecule is CCOC(=O)/C(C)=C(/C)c1c(F)cccc1OC. The summed E-state index contributed by atoms with van der Waals surface area (Å²) < 4.78 is 23.8. The third-order valence-electron chi connectivity index (χ3n) is 2.71. The Morgan fingerprint density at radius 2 is 2.00 bits per heavy atom. The maximum Gasteiger partial charge on any atom is 0.333 e. The van der Waals surface area contributed by atoms with Crippen LogP contribution < -0.4 is 4.74 Å². The van der Waals surface area contributed by atoms with E-state index in [9.17, 15) is 9.18 Å². The molecule has 0 heterocycles. The van der Waals surface area contributed by atoms with Gasteiger partial charge in [0.25, 0.3) is 0 Å². The lowest BCUT2D eigenvalue weighted by Gasteiger charge is -2.12. The molecule has 0 spiro atoms. The Balaban J connectivity index is 3.29. The molecular formula is C14H17FO3. The number of hydrogen-bond donors (Lipinski definition) is 0. The topological polar surface area (TPSA) is 35.5 Å². The molecule has 0 fully saturated rings. The van der Waals surface area contributed by atoms with E-state index in [1.54, 1.807) is 32.9 Å². The van der Waals surface area contributed by atoms with E-state index in [1.165, 1.54) is 13.2 Å². The highest BCUT2D eigenvalue weighted by molar-refractivity contribution is 5.97. The molecule has 0 unspecified atom stereocenters. The van der Waals surface area contributed by atoms with Crippen LogP contribution in [0.5, 0.6) is 5.75 Å².